The molecule has 0 fully saturated rings. The predicted octanol–water partition coefficient (Wildman–Crippen LogP) is 4.45. The molecule has 1 atom stereocenters. The molecule has 0 heterocycles. The number of hydrogen-bond acceptors (Lipinski definition) is 4. The van der Waals surface area contributed by atoms with Gasteiger partial charge in [0, 0.05) is 12.1 Å². The Morgan fingerprint density at radius 2 is 2.10 bits per heavy atom. The van der Waals surface area contributed by atoms with E-state index in [0.717, 1.165) is 12.0 Å². The monoisotopic (exact) mass is 306 g/mol. The largest absolute Gasteiger partial charge is 0.456 e. The third kappa shape index (κ3) is 3.71. The summed E-state index contributed by atoms with van der Waals surface area (Å²) in [7, 11) is 0. The summed E-state index contributed by atoms with van der Waals surface area (Å²) in [5.41, 5.74) is 6.85. The van der Waals surface area contributed by atoms with Crippen molar-refractivity contribution in [1.29, 1.82) is 0 Å². The van der Waals surface area contributed by atoms with E-state index in [4.69, 9.17) is 22.1 Å². The van der Waals surface area contributed by atoms with E-state index in [1.807, 2.05) is 25.1 Å². The minimum atomic E-state index is -0.493. The summed E-state index contributed by atoms with van der Waals surface area (Å²) in [5.74, 6) is 0.784. The first-order valence-electron chi connectivity index (χ1n) is 6.48. The van der Waals surface area contributed by atoms with Gasteiger partial charge in [-0.2, -0.15) is 0 Å². The summed E-state index contributed by atoms with van der Waals surface area (Å²) in [6.45, 7) is 2.00. The zero-order valence-electron chi connectivity index (χ0n) is 11.5. The number of halogens is 1. The number of nitro groups is 1. The normalized spacial score (nSPS) is 12.0. The minimum absolute atomic E-state index is 0.0733. The third-order valence-electron chi connectivity index (χ3n) is 3.08. The molecule has 21 heavy (non-hydrogen) atoms. The molecule has 2 rings (SSSR count). The first-order chi connectivity index (χ1) is 10.0. The summed E-state index contributed by atoms with van der Waals surface area (Å²) < 4.78 is 5.64. The highest BCUT2D eigenvalue weighted by molar-refractivity contribution is 6.32. The second-order valence-electron chi connectivity index (χ2n) is 4.56. The van der Waals surface area contributed by atoms with Crippen LogP contribution in [-0.4, -0.2) is 4.92 Å². The van der Waals surface area contributed by atoms with E-state index in [0.29, 0.717) is 10.8 Å². The van der Waals surface area contributed by atoms with Crippen LogP contribution in [-0.2, 0) is 0 Å². The van der Waals surface area contributed by atoms with Crippen molar-refractivity contribution in [3.8, 4) is 11.5 Å². The Morgan fingerprint density at radius 3 is 2.76 bits per heavy atom. The van der Waals surface area contributed by atoms with E-state index < -0.39 is 4.92 Å². The van der Waals surface area contributed by atoms with E-state index in [9.17, 15) is 10.1 Å². The molecule has 0 bridgehead atoms. The van der Waals surface area contributed by atoms with Gasteiger partial charge in [0.05, 0.1) is 16.0 Å². The van der Waals surface area contributed by atoms with Crippen molar-refractivity contribution in [2.75, 3.05) is 0 Å². The maximum atomic E-state index is 10.8. The fourth-order valence-electron chi connectivity index (χ4n) is 1.86. The average molecular weight is 307 g/mol. The lowest BCUT2D eigenvalue weighted by molar-refractivity contribution is -0.384. The fourth-order valence-corrected chi connectivity index (χ4v) is 2.01. The quantitative estimate of drug-likeness (QED) is 0.654. The molecule has 2 aromatic carbocycles. The molecule has 1 unspecified atom stereocenters. The van der Waals surface area contributed by atoms with Gasteiger partial charge in [-0.15, -0.1) is 0 Å². The number of nitrogens with zero attached hydrogens (tertiary/aromatic N) is 1. The average Bonchev–Trinajstić information content (AvgIpc) is 2.48. The number of hydrogen-bond donors (Lipinski definition) is 1. The molecule has 0 amide bonds. The Bertz CT molecular complexity index is 661. The van der Waals surface area contributed by atoms with Crippen LogP contribution in [0.1, 0.15) is 24.9 Å². The lowest BCUT2D eigenvalue weighted by Crippen LogP contribution is -2.08. The van der Waals surface area contributed by atoms with Crippen LogP contribution in [0.3, 0.4) is 0 Å². The minimum Gasteiger partial charge on any atom is -0.456 e. The van der Waals surface area contributed by atoms with Gasteiger partial charge >= 0.3 is 0 Å². The van der Waals surface area contributed by atoms with E-state index in [1.165, 1.54) is 18.2 Å². The van der Waals surface area contributed by atoms with E-state index >= 15 is 0 Å². The molecular formula is C15H15ClN2O3. The van der Waals surface area contributed by atoms with E-state index in [2.05, 4.69) is 0 Å². The Balaban J connectivity index is 2.29. The van der Waals surface area contributed by atoms with Crippen LogP contribution in [0.25, 0.3) is 0 Å². The molecule has 0 radical (unpaired) electrons. The highest BCUT2D eigenvalue weighted by Crippen LogP contribution is 2.33. The van der Waals surface area contributed by atoms with Gasteiger partial charge in [0.15, 0.2) is 5.75 Å². The van der Waals surface area contributed by atoms with Crippen molar-refractivity contribution >= 4 is 17.3 Å². The van der Waals surface area contributed by atoms with Gasteiger partial charge in [0.25, 0.3) is 5.69 Å². The summed E-state index contributed by atoms with van der Waals surface area (Å²) in [6, 6.07) is 11.3. The van der Waals surface area contributed by atoms with Crippen LogP contribution in [0, 0.1) is 10.1 Å². The van der Waals surface area contributed by atoms with Gasteiger partial charge in [-0.3, -0.25) is 10.1 Å². The predicted molar refractivity (Wildman–Crippen MR) is 81.8 cm³/mol. The Hall–Kier alpha value is -2.11. The first-order valence-corrected chi connectivity index (χ1v) is 6.86. The Kier molecular flexibility index (Phi) is 4.77. The topological polar surface area (TPSA) is 78.4 Å². The smallest absolute Gasteiger partial charge is 0.273 e. The number of benzene rings is 2. The van der Waals surface area contributed by atoms with Gasteiger partial charge in [0.2, 0.25) is 0 Å². The second kappa shape index (κ2) is 6.56. The molecule has 2 aromatic rings. The zero-order chi connectivity index (χ0) is 15.4. The lowest BCUT2D eigenvalue weighted by atomic mass is 10.1. The highest BCUT2D eigenvalue weighted by Gasteiger charge is 2.12. The Morgan fingerprint density at radius 1 is 1.33 bits per heavy atom. The van der Waals surface area contributed by atoms with Crippen LogP contribution in [0.2, 0.25) is 5.02 Å². The van der Waals surface area contributed by atoms with E-state index in [-0.39, 0.29) is 17.5 Å². The molecule has 0 saturated carbocycles. The number of ether oxygens (including phenoxy) is 1. The van der Waals surface area contributed by atoms with Crippen LogP contribution in [0.5, 0.6) is 11.5 Å². The van der Waals surface area contributed by atoms with Crippen molar-refractivity contribution in [1.82, 2.24) is 0 Å². The number of nitrogens with two attached hydrogens (primary N) is 1. The fraction of sp³-hybridized carbons (Fsp3) is 0.200. The standard InChI is InChI=1S/C15H15ClN2O3/c1-2-14(17)10-4-3-5-12(8-10)21-15-9-11(18(19)20)6-7-13(15)16/h3-9,14H,2,17H2,1H3. The summed E-state index contributed by atoms with van der Waals surface area (Å²) in [6.07, 6.45) is 0.807. The molecule has 0 aliphatic carbocycles. The van der Waals surface area contributed by atoms with Gasteiger partial charge in [-0.25, -0.2) is 0 Å². The van der Waals surface area contributed by atoms with Crippen LogP contribution in [0.4, 0.5) is 5.69 Å². The van der Waals surface area contributed by atoms with Gasteiger partial charge < -0.3 is 10.5 Å². The Labute approximate surface area is 127 Å². The summed E-state index contributed by atoms with van der Waals surface area (Å²) in [4.78, 5) is 10.3. The van der Waals surface area contributed by atoms with Crippen molar-refractivity contribution in [3.63, 3.8) is 0 Å². The zero-order valence-corrected chi connectivity index (χ0v) is 12.2. The van der Waals surface area contributed by atoms with Crippen molar-refractivity contribution in [3.05, 3.63) is 63.2 Å². The maximum absolute atomic E-state index is 10.8. The van der Waals surface area contributed by atoms with Gasteiger partial charge in [0.1, 0.15) is 5.75 Å². The van der Waals surface area contributed by atoms with Crippen LogP contribution < -0.4 is 10.5 Å². The van der Waals surface area contributed by atoms with Crippen molar-refractivity contribution in [2.45, 2.75) is 19.4 Å². The van der Waals surface area contributed by atoms with Gasteiger partial charge in [-0.1, -0.05) is 30.7 Å². The molecule has 0 saturated heterocycles. The molecular weight excluding hydrogens is 292 g/mol. The van der Waals surface area contributed by atoms with E-state index in [1.54, 1.807) is 6.07 Å². The molecule has 6 heteroatoms. The molecule has 110 valence electrons. The summed E-state index contributed by atoms with van der Waals surface area (Å²) in [5, 5.41) is 11.1. The molecule has 0 spiro atoms. The number of non-ortho nitro benzene ring substituents is 1. The van der Waals surface area contributed by atoms with Crippen LogP contribution >= 0.6 is 11.6 Å². The highest BCUT2D eigenvalue weighted by atomic mass is 35.5. The molecule has 2 N–H and O–H groups in total. The molecule has 5 nitrogen and oxygen atoms in total. The van der Waals surface area contributed by atoms with Crippen molar-refractivity contribution in [2.24, 2.45) is 5.73 Å². The van der Waals surface area contributed by atoms with Crippen molar-refractivity contribution < 1.29 is 9.66 Å². The SMILES string of the molecule is CCC(N)c1cccc(Oc2cc([N+](=O)[O-])ccc2Cl)c1. The molecule has 0 aliphatic rings. The van der Waals surface area contributed by atoms with Gasteiger partial charge in [-0.05, 0) is 30.2 Å². The second-order valence-corrected chi connectivity index (χ2v) is 4.97. The molecule has 0 aromatic heterocycles. The lowest BCUT2D eigenvalue weighted by Gasteiger charge is -2.12. The number of nitro benzene ring substituents is 1. The maximum Gasteiger partial charge on any atom is 0.273 e. The third-order valence-corrected chi connectivity index (χ3v) is 3.39. The first kappa shape index (κ1) is 15.3. The summed E-state index contributed by atoms with van der Waals surface area (Å²) >= 11 is 6.01. The molecule has 0 aliphatic heterocycles. The number of rotatable bonds is 5. The van der Waals surface area contributed by atoms with Crippen LogP contribution in [0.15, 0.2) is 42.5 Å².